The Bertz CT molecular complexity index is 652. The molecule has 5 heteroatoms. The summed E-state index contributed by atoms with van der Waals surface area (Å²) >= 11 is 0. The maximum Gasteiger partial charge on any atom is 0.341 e. The molecule has 1 N–H and O–H groups in total. The highest BCUT2D eigenvalue weighted by Crippen LogP contribution is 2.29. The van der Waals surface area contributed by atoms with Crippen LogP contribution in [0.1, 0.15) is 15.9 Å². The fourth-order valence-electron chi connectivity index (χ4n) is 2.00. The fraction of sp³-hybridized carbons (Fsp3) is 0.200. The zero-order valence-electron chi connectivity index (χ0n) is 11.5. The van der Waals surface area contributed by atoms with Gasteiger partial charge in [-0.3, -0.25) is 0 Å². The topological polar surface area (TPSA) is 68.7 Å². The molecule has 0 atom stereocenters. The number of aryl methyl sites for hydroxylation is 1. The van der Waals surface area contributed by atoms with Crippen molar-refractivity contribution in [3.05, 3.63) is 41.6 Å². The molecule has 0 amide bonds. The molecule has 0 radical (unpaired) electrons. The summed E-state index contributed by atoms with van der Waals surface area (Å²) in [6.45, 7) is 1.93. The highest BCUT2D eigenvalue weighted by Gasteiger charge is 2.14. The summed E-state index contributed by atoms with van der Waals surface area (Å²) in [4.78, 5) is 15.3. The van der Waals surface area contributed by atoms with Gasteiger partial charge in [-0.15, -0.1) is 0 Å². The molecule has 1 aromatic carbocycles. The van der Waals surface area contributed by atoms with E-state index in [1.54, 1.807) is 19.4 Å². The molecule has 0 aliphatic heterocycles. The molecule has 0 aliphatic carbocycles. The maximum absolute atomic E-state index is 11.2. The molecule has 0 spiro atoms. The van der Waals surface area contributed by atoms with Gasteiger partial charge in [0.2, 0.25) is 5.88 Å². The highest BCUT2D eigenvalue weighted by molar-refractivity contribution is 5.92. The van der Waals surface area contributed by atoms with Gasteiger partial charge in [0.1, 0.15) is 11.3 Å². The molecule has 0 unspecified atom stereocenters. The zero-order chi connectivity index (χ0) is 14.7. The van der Waals surface area contributed by atoms with Crippen LogP contribution in [0, 0.1) is 6.92 Å². The predicted octanol–water partition coefficient (Wildman–Crippen LogP) is 2.77. The van der Waals surface area contributed by atoms with E-state index < -0.39 is 5.97 Å². The van der Waals surface area contributed by atoms with Crippen molar-refractivity contribution in [2.45, 2.75) is 6.92 Å². The lowest BCUT2D eigenvalue weighted by molar-refractivity contribution is 0.0692. The molecule has 1 aromatic heterocycles. The second kappa shape index (κ2) is 5.61. The van der Waals surface area contributed by atoms with Gasteiger partial charge in [0.25, 0.3) is 0 Å². The van der Waals surface area contributed by atoms with Crippen LogP contribution < -0.4 is 9.47 Å². The lowest BCUT2D eigenvalue weighted by Crippen LogP contribution is -2.03. The van der Waals surface area contributed by atoms with Gasteiger partial charge in [0, 0.05) is 11.8 Å². The number of benzene rings is 1. The summed E-state index contributed by atoms with van der Waals surface area (Å²) in [5.41, 5.74) is 2.65. The number of pyridine rings is 1. The Balaban J connectivity index is 2.53. The lowest BCUT2D eigenvalue weighted by atomic mass is 10.0. The minimum atomic E-state index is -1.07. The van der Waals surface area contributed by atoms with Crippen LogP contribution in [0.4, 0.5) is 0 Å². The smallest absolute Gasteiger partial charge is 0.341 e. The van der Waals surface area contributed by atoms with E-state index in [1.165, 1.54) is 7.11 Å². The van der Waals surface area contributed by atoms with E-state index >= 15 is 0 Å². The Morgan fingerprint density at radius 2 is 1.95 bits per heavy atom. The molecule has 0 fully saturated rings. The van der Waals surface area contributed by atoms with E-state index in [-0.39, 0.29) is 11.4 Å². The van der Waals surface area contributed by atoms with Crippen LogP contribution in [-0.2, 0) is 0 Å². The SMILES string of the molecule is COc1ccc(-c2cnc(OC)c(C(=O)O)c2)c(C)c1. The number of carbonyl (C=O) groups is 1. The average molecular weight is 273 g/mol. The van der Waals surface area contributed by atoms with Gasteiger partial charge in [-0.1, -0.05) is 6.07 Å². The number of ether oxygens (including phenoxy) is 2. The van der Waals surface area contributed by atoms with Crippen LogP contribution >= 0.6 is 0 Å². The second-order valence-corrected chi connectivity index (χ2v) is 4.27. The molecule has 2 rings (SSSR count). The van der Waals surface area contributed by atoms with Crippen LogP contribution in [0.3, 0.4) is 0 Å². The summed E-state index contributed by atoms with van der Waals surface area (Å²) in [6.07, 6.45) is 1.60. The highest BCUT2D eigenvalue weighted by atomic mass is 16.5. The van der Waals surface area contributed by atoms with Crippen LogP contribution in [0.25, 0.3) is 11.1 Å². The molecule has 2 aromatic rings. The summed E-state index contributed by atoms with van der Waals surface area (Å²) in [7, 11) is 3.00. The molecule has 104 valence electrons. The Kier molecular flexibility index (Phi) is 3.89. The molecular formula is C15H15NO4. The van der Waals surface area contributed by atoms with Crippen molar-refractivity contribution < 1.29 is 19.4 Å². The maximum atomic E-state index is 11.2. The summed E-state index contributed by atoms with van der Waals surface area (Å²) in [5, 5.41) is 9.18. The van der Waals surface area contributed by atoms with Crippen molar-refractivity contribution in [3.63, 3.8) is 0 Å². The van der Waals surface area contributed by atoms with E-state index in [0.29, 0.717) is 0 Å². The second-order valence-electron chi connectivity index (χ2n) is 4.27. The number of nitrogens with zero attached hydrogens (tertiary/aromatic N) is 1. The van der Waals surface area contributed by atoms with Gasteiger partial charge >= 0.3 is 5.97 Å². The van der Waals surface area contributed by atoms with Gasteiger partial charge in [0.15, 0.2) is 0 Å². The minimum Gasteiger partial charge on any atom is -0.497 e. The fourth-order valence-corrected chi connectivity index (χ4v) is 2.00. The van der Waals surface area contributed by atoms with Crippen molar-refractivity contribution in [2.24, 2.45) is 0 Å². The van der Waals surface area contributed by atoms with Crippen LogP contribution in [0.5, 0.6) is 11.6 Å². The van der Waals surface area contributed by atoms with Crippen molar-refractivity contribution in [1.82, 2.24) is 4.98 Å². The average Bonchev–Trinajstić information content (AvgIpc) is 2.46. The molecule has 0 saturated carbocycles. The lowest BCUT2D eigenvalue weighted by Gasteiger charge is -2.10. The zero-order valence-corrected chi connectivity index (χ0v) is 11.5. The molecule has 0 aliphatic rings. The number of rotatable bonds is 4. The standard InChI is InChI=1S/C15H15NO4/c1-9-6-11(19-2)4-5-12(9)10-7-13(15(17)18)14(20-3)16-8-10/h4-8H,1-3H3,(H,17,18). The van der Waals surface area contributed by atoms with Gasteiger partial charge in [-0.2, -0.15) is 0 Å². The van der Waals surface area contributed by atoms with E-state index in [4.69, 9.17) is 9.47 Å². The molecule has 0 saturated heterocycles. The van der Waals surface area contributed by atoms with Gasteiger partial charge in [-0.05, 0) is 36.2 Å². The summed E-state index contributed by atoms with van der Waals surface area (Å²) in [5.74, 6) is -0.207. The van der Waals surface area contributed by atoms with Crippen molar-refractivity contribution in [1.29, 1.82) is 0 Å². The Hall–Kier alpha value is -2.56. The number of carboxylic acids is 1. The minimum absolute atomic E-state index is 0.0419. The van der Waals surface area contributed by atoms with E-state index in [1.807, 2.05) is 25.1 Å². The first-order valence-corrected chi connectivity index (χ1v) is 5.99. The third kappa shape index (κ3) is 2.56. The van der Waals surface area contributed by atoms with Crippen LogP contribution in [-0.4, -0.2) is 30.3 Å². The third-order valence-electron chi connectivity index (χ3n) is 3.02. The largest absolute Gasteiger partial charge is 0.497 e. The van der Waals surface area contributed by atoms with Crippen LogP contribution in [0.15, 0.2) is 30.5 Å². The number of hydrogen-bond acceptors (Lipinski definition) is 4. The number of carboxylic acid groups (broad SMARTS) is 1. The summed E-state index contributed by atoms with van der Waals surface area (Å²) < 4.78 is 10.1. The van der Waals surface area contributed by atoms with Gasteiger partial charge in [-0.25, -0.2) is 9.78 Å². The normalized spacial score (nSPS) is 10.2. The molecule has 20 heavy (non-hydrogen) atoms. The first-order chi connectivity index (χ1) is 9.56. The quantitative estimate of drug-likeness (QED) is 0.927. The third-order valence-corrected chi connectivity index (χ3v) is 3.02. The molecule has 0 bridgehead atoms. The van der Waals surface area contributed by atoms with Crippen molar-refractivity contribution in [2.75, 3.05) is 14.2 Å². The van der Waals surface area contributed by atoms with Gasteiger partial charge < -0.3 is 14.6 Å². The van der Waals surface area contributed by atoms with E-state index in [9.17, 15) is 9.90 Å². The van der Waals surface area contributed by atoms with Crippen molar-refractivity contribution >= 4 is 5.97 Å². The number of methoxy groups -OCH3 is 2. The summed E-state index contributed by atoms with van der Waals surface area (Å²) in [6, 6.07) is 7.15. The van der Waals surface area contributed by atoms with E-state index in [2.05, 4.69) is 4.98 Å². The number of aromatic nitrogens is 1. The van der Waals surface area contributed by atoms with Gasteiger partial charge in [0.05, 0.1) is 14.2 Å². The molecule has 5 nitrogen and oxygen atoms in total. The monoisotopic (exact) mass is 273 g/mol. The predicted molar refractivity (Wildman–Crippen MR) is 74.5 cm³/mol. The Morgan fingerprint density at radius 3 is 2.50 bits per heavy atom. The number of hydrogen-bond donors (Lipinski definition) is 1. The molecular weight excluding hydrogens is 258 g/mol. The number of aromatic carboxylic acids is 1. The first kappa shape index (κ1) is 13.9. The van der Waals surface area contributed by atoms with Crippen LogP contribution in [0.2, 0.25) is 0 Å². The van der Waals surface area contributed by atoms with Crippen molar-refractivity contribution in [3.8, 4) is 22.8 Å². The Labute approximate surface area is 116 Å². The molecule has 1 heterocycles. The Morgan fingerprint density at radius 1 is 1.20 bits per heavy atom. The van der Waals surface area contributed by atoms with E-state index in [0.717, 1.165) is 22.4 Å². The first-order valence-electron chi connectivity index (χ1n) is 5.99.